The number of rotatable bonds is 5. The van der Waals surface area contributed by atoms with Crippen LogP contribution >= 0.6 is 0 Å². The lowest BCUT2D eigenvalue weighted by molar-refractivity contribution is -0.119. The van der Waals surface area contributed by atoms with Crippen molar-refractivity contribution in [3.8, 4) is 0 Å². The first-order valence-corrected chi connectivity index (χ1v) is 8.42. The number of ether oxygens (including phenoxy) is 1. The maximum absolute atomic E-state index is 12.4. The highest BCUT2D eigenvalue weighted by Crippen LogP contribution is 2.26. The van der Waals surface area contributed by atoms with Crippen molar-refractivity contribution in [2.75, 3.05) is 11.9 Å². The number of carbonyl (C=O) groups excluding carboxylic acids is 4. The highest BCUT2D eigenvalue weighted by atomic mass is 16.5. The first-order valence-electron chi connectivity index (χ1n) is 8.42. The topological polar surface area (TPSA) is 92.8 Å². The second-order valence-electron chi connectivity index (χ2n) is 6.32. The molecule has 0 spiro atoms. The van der Waals surface area contributed by atoms with E-state index in [-0.39, 0.29) is 28.6 Å². The summed E-state index contributed by atoms with van der Waals surface area (Å²) in [6.07, 6.45) is 0. The molecule has 1 heterocycles. The molecular formula is C20H18N2O5. The van der Waals surface area contributed by atoms with E-state index in [9.17, 15) is 19.2 Å². The Bertz CT molecular complexity index is 921. The van der Waals surface area contributed by atoms with Crippen molar-refractivity contribution >= 4 is 29.4 Å². The predicted octanol–water partition coefficient (Wildman–Crippen LogP) is 2.49. The Kier molecular flexibility index (Phi) is 5.03. The molecule has 0 saturated carbocycles. The fourth-order valence-electron chi connectivity index (χ4n) is 2.79. The second kappa shape index (κ2) is 7.41. The van der Waals surface area contributed by atoms with Crippen LogP contribution in [0.15, 0.2) is 48.5 Å². The van der Waals surface area contributed by atoms with E-state index in [4.69, 9.17) is 4.74 Å². The van der Waals surface area contributed by atoms with Gasteiger partial charge in [0, 0.05) is 11.7 Å². The maximum Gasteiger partial charge on any atom is 0.338 e. The molecule has 0 bridgehead atoms. The molecule has 0 saturated heterocycles. The molecule has 0 fully saturated rings. The summed E-state index contributed by atoms with van der Waals surface area (Å²) in [5.74, 6) is -2.05. The number of carbonyl (C=O) groups is 4. The van der Waals surface area contributed by atoms with Gasteiger partial charge in [-0.1, -0.05) is 18.2 Å². The number of anilines is 1. The van der Waals surface area contributed by atoms with Gasteiger partial charge in [0.1, 0.15) is 0 Å². The van der Waals surface area contributed by atoms with E-state index in [1.165, 1.54) is 18.2 Å². The quantitative estimate of drug-likeness (QED) is 0.648. The van der Waals surface area contributed by atoms with Crippen molar-refractivity contribution in [3.63, 3.8) is 0 Å². The molecule has 138 valence electrons. The van der Waals surface area contributed by atoms with Crippen LogP contribution in [-0.4, -0.2) is 41.2 Å². The molecule has 7 nitrogen and oxygen atoms in total. The van der Waals surface area contributed by atoms with E-state index >= 15 is 0 Å². The van der Waals surface area contributed by atoms with Crippen LogP contribution < -0.4 is 5.32 Å². The lowest BCUT2D eigenvalue weighted by Gasteiger charge is -2.17. The maximum atomic E-state index is 12.4. The van der Waals surface area contributed by atoms with Gasteiger partial charge in [-0.3, -0.25) is 19.3 Å². The van der Waals surface area contributed by atoms with Gasteiger partial charge >= 0.3 is 5.97 Å². The van der Waals surface area contributed by atoms with Crippen molar-refractivity contribution < 1.29 is 23.9 Å². The van der Waals surface area contributed by atoms with Gasteiger partial charge in [-0.2, -0.15) is 0 Å². The molecule has 1 N–H and O–H groups in total. The number of esters is 1. The number of nitrogens with zero attached hydrogens (tertiary/aromatic N) is 1. The summed E-state index contributed by atoms with van der Waals surface area (Å²) < 4.78 is 5.00. The van der Waals surface area contributed by atoms with Crippen LogP contribution in [0.5, 0.6) is 0 Å². The Labute approximate surface area is 155 Å². The Balaban J connectivity index is 1.66. The van der Waals surface area contributed by atoms with Gasteiger partial charge in [-0.05, 0) is 44.2 Å². The third-order valence-corrected chi connectivity index (χ3v) is 4.06. The van der Waals surface area contributed by atoms with Crippen molar-refractivity contribution in [1.29, 1.82) is 0 Å². The molecule has 0 aliphatic carbocycles. The zero-order valence-corrected chi connectivity index (χ0v) is 14.9. The van der Waals surface area contributed by atoms with Gasteiger partial charge in [0.2, 0.25) is 0 Å². The Morgan fingerprint density at radius 2 is 1.67 bits per heavy atom. The predicted molar refractivity (Wildman–Crippen MR) is 97.4 cm³/mol. The summed E-state index contributed by atoms with van der Waals surface area (Å²) in [4.78, 5) is 49.8. The molecule has 0 radical (unpaired) electrons. The van der Waals surface area contributed by atoms with Crippen LogP contribution in [0.3, 0.4) is 0 Å². The number of para-hydroxylation sites is 1. The third-order valence-electron chi connectivity index (χ3n) is 4.06. The fraction of sp³-hybridized carbons (Fsp3) is 0.200. The molecule has 1 aliphatic rings. The molecule has 0 atom stereocenters. The number of nitrogens with one attached hydrogen (secondary N) is 1. The van der Waals surface area contributed by atoms with E-state index in [0.717, 1.165) is 4.90 Å². The standard InChI is InChI=1S/C20H18N2O5/c1-12(2)22-18(24)15-9-8-13(10-16(15)19(22)25)20(26)27-11-17(23)21-14-6-4-3-5-7-14/h3-10,12H,11H2,1-2H3,(H,21,23). The first-order chi connectivity index (χ1) is 12.9. The van der Waals surface area contributed by atoms with Crippen LogP contribution in [0, 0.1) is 0 Å². The van der Waals surface area contributed by atoms with Crippen molar-refractivity contribution in [2.24, 2.45) is 0 Å². The van der Waals surface area contributed by atoms with Gasteiger partial charge in [0.25, 0.3) is 17.7 Å². The zero-order valence-electron chi connectivity index (χ0n) is 14.9. The summed E-state index contributed by atoms with van der Waals surface area (Å²) in [6.45, 7) is 3.01. The molecule has 2 aromatic carbocycles. The van der Waals surface area contributed by atoms with Crippen LogP contribution in [0.4, 0.5) is 5.69 Å². The summed E-state index contributed by atoms with van der Waals surface area (Å²) in [6, 6.07) is 12.7. The molecule has 3 rings (SSSR count). The summed E-state index contributed by atoms with van der Waals surface area (Å²) >= 11 is 0. The monoisotopic (exact) mass is 366 g/mol. The lowest BCUT2D eigenvalue weighted by Crippen LogP contribution is -2.35. The number of amides is 3. The lowest BCUT2D eigenvalue weighted by atomic mass is 10.1. The highest BCUT2D eigenvalue weighted by molar-refractivity contribution is 6.22. The average Bonchev–Trinajstić information content (AvgIpc) is 2.91. The summed E-state index contributed by atoms with van der Waals surface area (Å²) in [5.41, 5.74) is 1.12. The second-order valence-corrected chi connectivity index (χ2v) is 6.32. The van der Waals surface area contributed by atoms with E-state index in [0.29, 0.717) is 5.69 Å². The smallest absolute Gasteiger partial charge is 0.338 e. The van der Waals surface area contributed by atoms with Crippen molar-refractivity contribution in [1.82, 2.24) is 4.90 Å². The largest absolute Gasteiger partial charge is 0.452 e. The number of imide groups is 1. The van der Waals surface area contributed by atoms with E-state index in [1.807, 2.05) is 6.07 Å². The molecule has 3 amide bonds. The van der Waals surface area contributed by atoms with Crippen molar-refractivity contribution in [2.45, 2.75) is 19.9 Å². The normalized spacial score (nSPS) is 12.9. The van der Waals surface area contributed by atoms with Gasteiger partial charge in [0.15, 0.2) is 6.61 Å². The van der Waals surface area contributed by atoms with E-state index < -0.39 is 24.4 Å². The fourth-order valence-corrected chi connectivity index (χ4v) is 2.79. The Hall–Kier alpha value is -3.48. The minimum Gasteiger partial charge on any atom is -0.452 e. The number of fused-ring (bicyclic) bond motifs is 1. The molecule has 2 aromatic rings. The molecule has 7 heteroatoms. The summed E-state index contributed by atoms with van der Waals surface area (Å²) in [7, 11) is 0. The molecule has 0 aromatic heterocycles. The van der Waals surface area contributed by atoms with Crippen LogP contribution in [0.25, 0.3) is 0 Å². The van der Waals surface area contributed by atoms with Crippen LogP contribution in [0.2, 0.25) is 0 Å². The van der Waals surface area contributed by atoms with Crippen molar-refractivity contribution in [3.05, 3.63) is 65.2 Å². The molecule has 27 heavy (non-hydrogen) atoms. The van der Waals surface area contributed by atoms with E-state index in [2.05, 4.69) is 5.32 Å². The summed E-state index contributed by atoms with van der Waals surface area (Å²) in [5, 5.41) is 2.60. The number of hydrogen-bond donors (Lipinski definition) is 1. The van der Waals surface area contributed by atoms with Gasteiger partial charge < -0.3 is 10.1 Å². The van der Waals surface area contributed by atoms with E-state index in [1.54, 1.807) is 38.1 Å². The number of benzene rings is 2. The highest BCUT2D eigenvalue weighted by Gasteiger charge is 2.37. The number of hydrogen-bond acceptors (Lipinski definition) is 5. The first kappa shape index (κ1) is 18.3. The van der Waals surface area contributed by atoms with Crippen LogP contribution in [-0.2, 0) is 9.53 Å². The molecule has 1 aliphatic heterocycles. The van der Waals surface area contributed by atoms with Gasteiger partial charge in [-0.25, -0.2) is 4.79 Å². The Morgan fingerprint density at radius 3 is 2.33 bits per heavy atom. The minimum absolute atomic E-state index is 0.105. The molecular weight excluding hydrogens is 348 g/mol. The third kappa shape index (κ3) is 3.72. The molecule has 0 unspecified atom stereocenters. The minimum atomic E-state index is -0.746. The Morgan fingerprint density at radius 1 is 1.00 bits per heavy atom. The van der Waals surface area contributed by atoms with Gasteiger partial charge in [0.05, 0.1) is 16.7 Å². The van der Waals surface area contributed by atoms with Crippen LogP contribution in [0.1, 0.15) is 44.9 Å². The average molecular weight is 366 g/mol. The SMILES string of the molecule is CC(C)N1C(=O)c2ccc(C(=O)OCC(=O)Nc3ccccc3)cc2C1=O. The zero-order chi connectivity index (χ0) is 19.6. The van der Waals surface area contributed by atoms with Gasteiger partial charge in [-0.15, -0.1) is 0 Å².